The molecule has 2 aliphatic heterocycles. The molecular formula is C19H22N4O3S. The Morgan fingerprint density at radius 3 is 2.81 bits per heavy atom. The number of carbonyl (C=O) groups is 2. The fraction of sp³-hybridized carbons (Fsp3) is 0.579. The van der Waals surface area contributed by atoms with E-state index in [1.807, 2.05) is 11.4 Å². The lowest BCUT2D eigenvalue weighted by Gasteiger charge is -2.29. The minimum absolute atomic E-state index is 0.0592. The van der Waals surface area contributed by atoms with E-state index in [9.17, 15) is 14.7 Å². The fourth-order valence-corrected chi connectivity index (χ4v) is 5.49. The Balaban J connectivity index is 1.39. The summed E-state index contributed by atoms with van der Waals surface area (Å²) in [4.78, 5) is 38.6. The Morgan fingerprint density at radius 1 is 1.19 bits per heavy atom. The van der Waals surface area contributed by atoms with Crippen molar-refractivity contribution in [1.29, 1.82) is 0 Å². The zero-order valence-electron chi connectivity index (χ0n) is 15.0. The molecule has 7 nitrogen and oxygen atoms in total. The van der Waals surface area contributed by atoms with E-state index < -0.39 is 11.9 Å². The minimum Gasteiger partial charge on any atom is -0.481 e. The topological polar surface area (TPSA) is 86.6 Å². The van der Waals surface area contributed by atoms with Crippen LogP contribution in [0, 0.1) is 17.8 Å². The molecule has 0 bridgehead atoms. The predicted octanol–water partition coefficient (Wildman–Crippen LogP) is 2.23. The first-order valence-electron chi connectivity index (χ1n) is 9.60. The van der Waals surface area contributed by atoms with Crippen molar-refractivity contribution in [2.24, 2.45) is 17.8 Å². The third-order valence-electron chi connectivity index (χ3n) is 6.27. The summed E-state index contributed by atoms with van der Waals surface area (Å²) in [6, 6.07) is 1.75. The number of fused-ring (bicyclic) bond motifs is 1. The van der Waals surface area contributed by atoms with Crippen molar-refractivity contribution >= 4 is 39.2 Å². The van der Waals surface area contributed by atoms with Crippen LogP contribution in [-0.4, -0.2) is 57.5 Å². The van der Waals surface area contributed by atoms with Crippen LogP contribution in [0.1, 0.15) is 25.7 Å². The van der Waals surface area contributed by atoms with Crippen LogP contribution in [0.25, 0.3) is 10.2 Å². The molecule has 1 amide bonds. The van der Waals surface area contributed by atoms with E-state index >= 15 is 0 Å². The first kappa shape index (κ1) is 16.9. The summed E-state index contributed by atoms with van der Waals surface area (Å²) < 4.78 is 0. The quantitative estimate of drug-likeness (QED) is 0.867. The van der Waals surface area contributed by atoms with Crippen molar-refractivity contribution in [1.82, 2.24) is 14.9 Å². The standard InChI is InChI=1S/C19H22N4O3S/c24-18(22-8-13(11-3-4-11)14(9-22)19(25)26)15-2-1-6-23(15)16-12-5-7-27-17(12)21-10-20-16/h5,7,10-11,13-15H,1-4,6,8-9H2,(H,25,26)/t13-,14+,15?/m1/s1. The number of carbonyl (C=O) groups excluding carboxylic acids is 1. The zero-order valence-corrected chi connectivity index (χ0v) is 15.8. The SMILES string of the molecule is O=C(O)[C@H]1CN(C(=O)C2CCCN2c2ncnc3sccc23)C[C@@H]1C1CC1. The van der Waals surface area contributed by atoms with Crippen molar-refractivity contribution in [2.45, 2.75) is 31.7 Å². The van der Waals surface area contributed by atoms with E-state index in [-0.39, 0.29) is 17.9 Å². The van der Waals surface area contributed by atoms with Crippen LogP contribution in [0.15, 0.2) is 17.8 Å². The Bertz CT molecular complexity index is 896. The fourth-order valence-electron chi connectivity index (χ4n) is 4.77. The first-order valence-corrected chi connectivity index (χ1v) is 10.5. The second-order valence-electron chi connectivity index (χ2n) is 7.88. The Labute approximate surface area is 161 Å². The first-order chi connectivity index (χ1) is 13.1. The van der Waals surface area contributed by atoms with Crippen LogP contribution in [0.2, 0.25) is 0 Å². The van der Waals surface area contributed by atoms with Gasteiger partial charge in [-0.2, -0.15) is 0 Å². The molecule has 4 heterocycles. The number of amides is 1. The maximum absolute atomic E-state index is 13.3. The van der Waals surface area contributed by atoms with Crippen LogP contribution in [0.3, 0.4) is 0 Å². The van der Waals surface area contributed by atoms with Gasteiger partial charge < -0.3 is 14.9 Å². The van der Waals surface area contributed by atoms with Crippen LogP contribution in [0.5, 0.6) is 0 Å². The van der Waals surface area contributed by atoms with Gasteiger partial charge in [-0.1, -0.05) is 0 Å². The van der Waals surface area contributed by atoms with Gasteiger partial charge in [0.05, 0.1) is 11.3 Å². The number of nitrogens with zero attached hydrogens (tertiary/aromatic N) is 4. The van der Waals surface area contributed by atoms with Crippen molar-refractivity contribution in [3.63, 3.8) is 0 Å². The highest BCUT2D eigenvalue weighted by Gasteiger charge is 2.48. The third-order valence-corrected chi connectivity index (χ3v) is 7.09. The van der Waals surface area contributed by atoms with Gasteiger partial charge in [0.25, 0.3) is 0 Å². The van der Waals surface area contributed by atoms with E-state index in [0.29, 0.717) is 19.0 Å². The van der Waals surface area contributed by atoms with Crippen LogP contribution < -0.4 is 4.90 Å². The molecule has 1 saturated carbocycles. The summed E-state index contributed by atoms with van der Waals surface area (Å²) in [5, 5.41) is 12.6. The molecule has 27 heavy (non-hydrogen) atoms. The molecule has 3 fully saturated rings. The van der Waals surface area contributed by atoms with Gasteiger partial charge in [-0.05, 0) is 49.0 Å². The van der Waals surface area contributed by atoms with Crippen LogP contribution in [-0.2, 0) is 9.59 Å². The summed E-state index contributed by atoms with van der Waals surface area (Å²) in [7, 11) is 0. The lowest BCUT2D eigenvalue weighted by atomic mass is 9.92. The molecule has 0 radical (unpaired) electrons. The van der Waals surface area contributed by atoms with Gasteiger partial charge in [0.1, 0.15) is 23.0 Å². The summed E-state index contributed by atoms with van der Waals surface area (Å²) in [5.74, 6) is 0.300. The number of thiophene rings is 1. The molecule has 3 aliphatic rings. The highest BCUT2D eigenvalue weighted by molar-refractivity contribution is 7.16. The average molecular weight is 386 g/mol. The van der Waals surface area contributed by atoms with Gasteiger partial charge in [-0.15, -0.1) is 11.3 Å². The highest BCUT2D eigenvalue weighted by atomic mass is 32.1. The van der Waals surface area contributed by atoms with Gasteiger partial charge in [0.15, 0.2) is 0 Å². The number of carboxylic acid groups (broad SMARTS) is 1. The van der Waals surface area contributed by atoms with E-state index in [2.05, 4.69) is 14.9 Å². The lowest BCUT2D eigenvalue weighted by molar-refractivity contribution is -0.142. The molecule has 1 unspecified atom stereocenters. The van der Waals surface area contributed by atoms with Crippen molar-refractivity contribution in [2.75, 3.05) is 24.5 Å². The predicted molar refractivity (Wildman–Crippen MR) is 102 cm³/mol. The highest BCUT2D eigenvalue weighted by Crippen LogP contribution is 2.44. The molecular weight excluding hydrogens is 364 g/mol. The Hall–Kier alpha value is -2.22. The van der Waals surface area contributed by atoms with Crippen LogP contribution >= 0.6 is 11.3 Å². The third kappa shape index (κ3) is 2.86. The molecule has 1 N–H and O–H groups in total. The van der Waals surface area contributed by atoms with E-state index in [1.165, 1.54) is 0 Å². The van der Waals surface area contributed by atoms with Crippen molar-refractivity contribution in [3.05, 3.63) is 17.8 Å². The number of likely N-dealkylation sites (tertiary alicyclic amines) is 1. The number of hydrogen-bond acceptors (Lipinski definition) is 6. The summed E-state index contributed by atoms with van der Waals surface area (Å²) in [6.07, 6.45) is 5.49. The molecule has 2 aromatic heterocycles. The van der Waals surface area contributed by atoms with Crippen molar-refractivity contribution < 1.29 is 14.7 Å². The summed E-state index contributed by atoms with van der Waals surface area (Å²) >= 11 is 1.57. The molecule has 2 aromatic rings. The molecule has 2 saturated heterocycles. The normalized spacial score (nSPS) is 28.2. The molecule has 3 atom stereocenters. The number of aliphatic carboxylic acids is 1. The van der Waals surface area contributed by atoms with Gasteiger partial charge in [-0.3, -0.25) is 9.59 Å². The van der Waals surface area contributed by atoms with Crippen LogP contribution in [0.4, 0.5) is 5.82 Å². The van der Waals surface area contributed by atoms with Crippen molar-refractivity contribution in [3.8, 4) is 0 Å². The molecule has 0 aromatic carbocycles. The van der Waals surface area contributed by atoms with Gasteiger partial charge in [0.2, 0.25) is 5.91 Å². The van der Waals surface area contributed by atoms with E-state index in [4.69, 9.17) is 0 Å². The minimum atomic E-state index is -0.763. The maximum Gasteiger partial charge on any atom is 0.308 e. The largest absolute Gasteiger partial charge is 0.481 e. The Morgan fingerprint density at radius 2 is 2.04 bits per heavy atom. The zero-order chi connectivity index (χ0) is 18.5. The number of anilines is 1. The number of carboxylic acids is 1. The molecule has 5 rings (SSSR count). The summed E-state index contributed by atoms with van der Waals surface area (Å²) in [5.41, 5.74) is 0. The number of aromatic nitrogens is 2. The van der Waals surface area contributed by atoms with Gasteiger partial charge in [-0.25, -0.2) is 9.97 Å². The van der Waals surface area contributed by atoms with E-state index in [0.717, 1.165) is 48.3 Å². The van der Waals surface area contributed by atoms with Gasteiger partial charge >= 0.3 is 5.97 Å². The molecule has 0 spiro atoms. The average Bonchev–Trinajstić information content (AvgIpc) is 3.10. The second-order valence-corrected chi connectivity index (χ2v) is 8.77. The molecule has 8 heteroatoms. The summed E-state index contributed by atoms with van der Waals surface area (Å²) in [6.45, 7) is 1.72. The van der Waals surface area contributed by atoms with E-state index in [1.54, 1.807) is 22.6 Å². The smallest absolute Gasteiger partial charge is 0.308 e. The lowest BCUT2D eigenvalue weighted by Crippen LogP contribution is -2.45. The second kappa shape index (κ2) is 6.44. The molecule has 1 aliphatic carbocycles. The molecule has 142 valence electrons. The number of hydrogen-bond donors (Lipinski definition) is 1. The number of rotatable bonds is 4. The maximum atomic E-state index is 13.3. The monoisotopic (exact) mass is 386 g/mol. The Kier molecular flexibility index (Phi) is 4.03. The van der Waals surface area contributed by atoms with Gasteiger partial charge in [0, 0.05) is 19.6 Å².